The van der Waals surface area contributed by atoms with Crippen molar-refractivity contribution in [2.75, 3.05) is 5.75 Å². The summed E-state index contributed by atoms with van der Waals surface area (Å²) >= 11 is 5.79. The second-order valence-electron chi connectivity index (χ2n) is 5.36. The van der Waals surface area contributed by atoms with Crippen molar-refractivity contribution in [1.29, 1.82) is 0 Å². The topological polar surface area (TPSA) is 0 Å². The van der Waals surface area contributed by atoms with Gasteiger partial charge in [-0.15, -0.1) is 11.8 Å². The Bertz CT molecular complexity index is 377. The third-order valence-electron chi connectivity index (χ3n) is 3.73. The van der Waals surface area contributed by atoms with Gasteiger partial charge in [0.2, 0.25) is 0 Å². The third kappa shape index (κ3) is 2.19. The zero-order valence-corrected chi connectivity index (χ0v) is 12.8. The third-order valence-corrected chi connectivity index (χ3v) is 7.00. The van der Waals surface area contributed by atoms with Crippen molar-refractivity contribution in [3.63, 3.8) is 0 Å². The lowest BCUT2D eigenvalue weighted by Crippen LogP contribution is -1.94. The summed E-state index contributed by atoms with van der Waals surface area (Å²) in [6.45, 7) is 9.11. The smallest absolute Gasteiger partial charge is 0.0242 e. The predicted octanol–water partition coefficient (Wildman–Crippen LogP) is 4.82. The average molecular weight is 299 g/mol. The maximum Gasteiger partial charge on any atom is 0.0242 e. The molecule has 88 valence electrons. The van der Waals surface area contributed by atoms with E-state index in [1.165, 1.54) is 21.8 Å². The fraction of sp³-hybridized carbons (Fsp3) is 0.571. The normalized spacial score (nSPS) is 26.8. The maximum atomic E-state index is 3.77. The van der Waals surface area contributed by atoms with Crippen LogP contribution in [0.3, 0.4) is 0 Å². The predicted molar refractivity (Wildman–Crippen MR) is 76.6 cm³/mol. The van der Waals surface area contributed by atoms with E-state index < -0.39 is 0 Å². The zero-order chi connectivity index (χ0) is 11.9. The molecule has 2 heteroatoms. The van der Waals surface area contributed by atoms with E-state index in [1.54, 1.807) is 0 Å². The van der Waals surface area contributed by atoms with Crippen LogP contribution in [0, 0.1) is 25.2 Å². The Balaban J connectivity index is 2.01. The van der Waals surface area contributed by atoms with Crippen molar-refractivity contribution in [1.82, 2.24) is 0 Å². The molecule has 0 amide bonds. The molecule has 0 unspecified atom stereocenters. The van der Waals surface area contributed by atoms with Crippen molar-refractivity contribution in [2.24, 2.45) is 11.3 Å². The maximum absolute atomic E-state index is 3.77. The van der Waals surface area contributed by atoms with Crippen LogP contribution >= 0.6 is 27.7 Å². The average Bonchev–Trinajstić information content (AvgIpc) is 2.67. The van der Waals surface area contributed by atoms with Crippen molar-refractivity contribution >= 4 is 27.7 Å². The molecule has 0 nitrogen and oxygen atoms in total. The number of rotatable bonds is 3. The van der Waals surface area contributed by atoms with Gasteiger partial charge in [-0.1, -0.05) is 48.0 Å². The standard InChI is InChI=1S/C14H19BrS/c1-9-6-5-7-10(2)12(9)16-8-11-13(15)14(11,3)4/h5-7,11,13H,8H2,1-4H3/t11-,13+/m1/s1. The molecule has 0 radical (unpaired) electrons. The lowest BCUT2D eigenvalue weighted by atomic mass is 10.1. The highest BCUT2D eigenvalue weighted by Crippen LogP contribution is 2.58. The van der Waals surface area contributed by atoms with Gasteiger partial charge in [0.25, 0.3) is 0 Å². The van der Waals surface area contributed by atoms with Gasteiger partial charge in [-0.05, 0) is 36.3 Å². The minimum Gasteiger partial charge on any atom is -0.125 e. The minimum absolute atomic E-state index is 0.490. The summed E-state index contributed by atoms with van der Waals surface area (Å²) in [4.78, 5) is 2.18. The van der Waals surface area contributed by atoms with Crippen molar-refractivity contribution in [3.05, 3.63) is 29.3 Å². The molecule has 0 saturated heterocycles. The van der Waals surface area contributed by atoms with Gasteiger partial charge >= 0.3 is 0 Å². The Morgan fingerprint density at radius 3 is 2.19 bits per heavy atom. The number of hydrogen-bond acceptors (Lipinski definition) is 1. The van der Waals surface area contributed by atoms with Crippen LogP contribution in [0.25, 0.3) is 0 Å². The monoisotopic (exact) mass is 298 g/mol. The van der Waals surface area contributed by atoms with Gasteiger partial charge in [-0.25, -0.2) is 0 Å². The van der Waals surface area contributed by atoms with E-state index in [2.05, 4.69) is 61.8 Å². The van der Waals surface area contributed by atoms with Crippen LogP contribution in [0.2, 0.25) is 0 Å². The Hall–Kier alpha value is 0.0500. The molecule has 2 atom stereocenters. The first-order valence-electron chi connectivity index (χ1n) is 5.77. The van der Waals surface area contributed by atoms with E-state index in [0.29, 0.717) is 10.2 Å². The van der Waals surface area contributed by atoms with Crippen LogP contribution in [0.15, 0.2) is 23.1 Å². The molecule has 1 aliphatic carbocycles. The van der Waals surface area contributed by atoms with Gasteiger partial charge in [0, 0.05) is 15.5 Å². The second kappa shape index (κ2) is 4.38. The Labute approximate surface area is 111 Å². The van der Waals surface area contributed by atoms with Gasteiger partial charge in [-0.3, -0.25) is 0 Å². The molecule has 1 aliphatic rings. The molecule has 0 N–H and O–H groups in total. The summed E-state index contributed by atoms with van der Waals surface area (Å²) in [5.74, 6) is 2.05. The van der Waals surface area contributed by atoms with Gasteiger partial charge < -0.3 is 0 Å². The molecule has 1 saturated carbocycles. The molecule has 1 aromatic carbocycles. The summed E-state index contributed by atoms with van der Waals surface area (Å²) in [7, 11) is 0. The van der Waals surface area contributed by atoms with Gasteiger partial charge in [0.15, 0.2) is 0 Å². The van der Waals surface area contributed by atoms with Crippen LogP contribution in [0.1, 0.15) is 25.0 Å². The number of aryl methyl sites for hydroxylation is 2. The number of thioether (sulfide) groups is 1. The fourth-order valence-electron chi connectivity index (χ4n) is 2.18. The highest BCUT2D eigenvalue weighted by molar-refractivity contribution is 9.09. The summed E-state index contributed by atoms with van der Waals surface area (Å²) in [5, 5.41) is 0. The summed E-state index contributed by atoms with van der Waals surface area (Å²) in [6.07, 6.45) is 0. The first-order chi connectivity index (χ1) is 7.44. The van der Waals surface area contributed by atoms with Crippen LogP contribution in [-0.2, 0) is 0 Å². The molecular formula is C14H19BrS. The van der Waals surface area contributed by atoms with Crippen molar-refractivity contribution in [2.45, 2.75) is 37.4 Å². The van der Waals surface area contributed by atoms with Crippen LogP contribution in [-0.4, -0.2) is 10.6 Å². The number of halogens is 1. The molecule has 0 bridgehead atoms. The van der Waals surface area contributed by atoms with E-state index in [1.807, 2.05) is 11.8 Å². The molecule has 2 rings (SSSR count). The SMILES string of the molecule is Cc1cccc(C)c1SC[C@@H]1[C@H](Br)C1(C)C. The molecule has 0 aromatic heterocycles. The quantitative estimate of drug-likeness (QED) is 0.570. The van der Waals surface area contributed by atoms with Gasteiger partial charge in [-0.2, -0.15) is 0 Å². The van der Waals surface area contributed by atoms with Crippen LogP contribution in [0.4, 0.5) is 0 Å². The molecule has 1 aromatic rings. The van der Waals surface area contributed by atoms with E-state index in [9.17, 15) is 0 Å². The highest BCUT2D eigenvalue weighted by Gasteiger charge is 2.55. The van der Waals surface area contributed by atoms with Crippen LogP contribution in [0.5, 0.6) is 0 Å². The lowest BCUT2D eigenvalue weighted by molar-refractivity contribution is 0.592. The van der Waals surface area contributed by atoms with Gasteiger partial charge in [0.1, 0.15) is 0 Å². The first kappa shape index (κ1) is 12.5. The molecule has 0 heterocycles. The van der Waals surface area contributed by atoms with E-state index in [4.69, 9.17) is 0 Å². The molecule has 0 spiro atoms. The molecule has 1 fully saturated rings. The second-order valence-corrected chi connectivity index (χ2v) is 7.38. The first-order valence-corrected chi connectivity index (χ1v) is 7.68. The van der Waals surface area contributed by atoms with E-state index in [-0.39, 0.29) is 0 Å². The molecule has 0 aliphatic heterocycles. The highest BCUT2D eigenvalue weighted by atomic mass is 79.9. The Kier molecular flexibility index (Phi) is 3.42. The van der Waals surface area contributed by atoms with Crippen molar-refractivity contribution in [3.8, 4) is 0 Å². The molecule has 16 heavy (non-hydrogen) atoms. The van der Waals surface area contributed by atoms with Gasteiger partial charge in [0.05, 0.1) is 0 Å². The van der Waals surface area contributed by atoms with E-state index in [0.717, 1.165) is 5.92 Å². The number of alkyl halides is 1. The van der Waals surface area contributed by atoms with E-state index >= 15 is 0 Å². The van der Waals surface area contributed by atoms with Crippen LogP contribution < -0.4 is 0 Å². The largest absolute Gasteiger partial charge is 0.125 e. The molecular weight excluding hydrogens is 280 g/mol. The fourth-order valence-corrected chi connectivity index (χ4v) is 5.04. The number of hydrogen-bond donors (Lipinski definition) is 0. The lowest BCUT2D eigenvalue weighted by Gasteiger charge is -2.09. The number of benzene rings is 1. The minimum atomic E-state index is 0.490. The Morgan fingerprint density at radius 2 is 1.75 bits per heavy atom. The Morgan fingerprint density at radius 1 is 1.25 bits per heavy atom. The summed E-state index contributed by atoms with van der Waals surface area (Å²) < 4.78 is 0. The summed E-state index contributed by atoms with van der Waals surface area (Å²) in [6, 6.07) is 6.56. The zero-order valence-electron chi connectivity index (χ0n) is 10.4. The van der Waals surface area contributed by atoms with Crippen molar-refractivity contribution < 1.29 is 0 Å². The summed E-state index contributed by atoms with van der Waals surface area (Å²) in [5.41, 5.74) is 3.31.